The molecule has 6 heterocycles. The Morgan fingerprint density at radius 3 is 1.27 bits per heavy atom. The molecule has 6 saturated heterocycles. The number of aliphatic hydroxyl groups excluding tert-OH is 19. The lowest BCUT2D eigenvalue weighted by molar-refractivity contribution is -0.390. The van der Waals surface area contributed by atoms with Gasteiger partial charge in [-0.1, -0.05) is 180 Å². The number of hydrogen-bond donors (Lipinski definition) is 25. The number of hydrogen-bond acceptors (Lipinski definition) is 37. The van der Waals surface area contributed by atoms with E-state index in [9.17, 15) is 136 Å². The van der Waals surface area contributed by atoms with Crippen molar-refractivity contribution in [1.29, 1.82) is 0 Å². The van der Waals surface area contributed by atoms with E-state index in [0.29, 0.717) is 12.8 Å². The highest BCUT2D eigenvalue weighted by molar-refractivity contribution is 5.78. The fraction of sp³-hybridized carbons (Fsp3) is 0.905. The van der Waals surface area contributed by atoms with Crippen molar-refractivity contribution < 1.29 is 193 Å². The lowest BCUT2D eigenvalue weighted by Gasteiger charge is -2.52. The molecule has 127 heavy (non-hydrogen) atoms. The predicted molar refractivity (Wildman–Crippen MR) is 440 cm³/mol. The first kappa shape index (κ1) is 111. The Hall–Kier alpha value is -4.68. The van der Waals surface area contributed by atoms with Crippen LogP contribution in [0.5, 0.6) is 0 Å². The van der Waals surface area contributed by atoms with Gasteiger partial charge in [0.25, 0.3) is 11.6 Å². The molecule has 43 nitrogen and oxygen atoms in total. The summed E-state index contributed by atoms with van der Waals surface area (Å²) in [6, 6.07) is -6.84. The van der Waals surface area contributed by atoms with Gasteiger partial charge in [-0.05, 0) is 19.3 Å². The summed E-state index contributed by atoms with van der Waals surface area (Å²) in [5.41, 5.74) is 0. The number of carbonyl (C=O) groups excluding carboxylic acids is 4. The van der Waals surface area contributed by atoms with Gasteiger partial charge in [0.2, 0.25) is 23.6 Å². The van der Waals surface area contributed by atoms with Crippen LogP contribution in [0.15, 0.2) is 12.2 Å². The molecule has 0 aliphatic carbocycles. The smallest absolute Gasteiger partial charge is 0.364 e. The fourth-order valence-corrected chi connectivity index (χ4v) is 16.9. The van der Waals surface area contributed by atoms with Gasteiger partial charge in [-0.2, -0.15) is 0 Å². The zero-order valence-electron chi connectivity index (χ0n) is 73.5. The Labute approximate surface area is 740 Å². The minimum Gasteiger partial charge on any atom is -0.477 e. The monoisotopic (exact) mass is 1840 g/mol. The van der Waals surface area contributed by atoms with E-state index in [1.54, 1.807) is 6.08 Å². The van der Waals surface area contributed by atoms with Crippen LogP contribution in [-0.2, 0) is 85.6 Å². The molecule has 4 amide bonds. The maximum absolute atomic E-state index is 13.8. The quantitative estimate of drug-likeness (QED) is 0.0205. The SMILES string of the molecule is CCCCCCCCCCCCC/C=C/[C@@H](O)[C@H](CO[C@@H]1O[C@H](CO)[C@@H](O[C@@H]2O[C@H](CO)[C@H](O[C@@H]3O[C@H](CO)[C@H](O)[C@H](O[C@@H]4O[C@H](CO)[C@H](O)[C@H](O[C@]5(C(=O)O)C[C@H](O)[C@@H](NC(C)=O)[C@H]([C@H](O)[C@@H](CO)O[C@]6(C(=O)O)C[C@H](O)[C@@H](NC(C)=O)[C@H]([C@H](O)[C@H](O)CO)O6)O5)[C@H]4O)[C@H]3NC(C)=O)[C@H](O)[C@H]2O)[C@H](O)[C@H]1O)NC(=O)CCCCCCCCCCCCCCCCC. The molecule has 43 heteroatoms. The van der Waals surface area contributed by atoms with Crippen LogP contribution in [0.2, 0.25) is 0 Å². The molecule has 0 aromatic carbocycles. The molecule has 6 aliphatic rings. The highest BCUT2D eigenvalue weighted by atomic mass is 16.8. The van der Waals surface area contributed by atoms with Crippen molar-refractivity contribution in [2.45, 2.75) is 435 Å². The van der Waals surface area contributed by atoms with E-state index >= 15 is 0 Å². The van der Waals surface area contributed by atoms with E-state index in [0.717, 1.165) is 78.6 Å². The van der Waals surface area contributed by atoms with Crippen molar-refractivity contribution in [2.75, 3.05) is 46.2 Å². The van der Waals surface area contributed by atoms with Gasteiger partial charge < -0.3 is 185 Å². The summed E-state index contributed by atoms with van der Waals surface area (Å²) in [5, 5.41) is 246. The predicted octanol–water partition coefficient (Wildman–Crippen LogP) is -3.87. The number of nitrogens with one attached hydrogen (secondary N) is 4. The number of amides is 4. The van der Waals surface area contributed by atoms with Crippen LogP contribution in [0.4, 0.5) is 0 Å². The van der Waals surface area contributed by atoms with Crippen LogP contribution in [0.25, 0.3) is 0 Å². The Kier molecular flexibility index (Phi) is 49.4. The fourth-order valence-electron chi connectivity index (χ4n) is 16.9. The zero-order chi connectivity index (χ0) is 93.8. The van der Waals surface area contributed by atoms with Crippen molar-refractivity contribution in [2.24, 2.45) is 0 Å². The van der Waals surface area contributed by atoms with Gasteiger partial charge in [-0.25, -0.2) is 9.59 Å². The van der Waals surface area contributed by atoms with Gasteiger partial charge in [0.05, 0.1) is 82.7 Å². The second-order valence-electron chi connectivity index (χ2n) is 34.2. The van der Waals surface area contributed by atoms with Crippen LogP contribution in [0.1, 0.15) is 227 Å². The number of carboxylic acids is 2. The van der Waals surface area contributed by atoms with Crippen molar-refractivity contribution in [3.63, 3.8) is 0 Å². The molecule has 0 aromatic heterocycles. The Morgan fingerprint density at radius 2 is 0.811 bits per heavy atom. The molecule has 0 radical (unpaired) electrons. The number of aliphatic hydroxyl groups is 19. The van der Waals surface area contributed by atoms with Gasteiger partial charge in [0, 0.05) is 40.0 Å². The standard InChI is InChI=1S/C84H148N4O39/c1-6-8-10-12-14-16-18-20-21-23-25-27-29-31-33-35-58(102)88-48(49(98)34-32-30-28-26-24-22-19-17-15-13-11-9-7-2)44-116-78-68(109)66(107)72(56(42-93)119-78)122-79-69(110)67(108)71(57(43-94)120-79)121-77-61(87-47(5)97)73(63(104)53(39-90)117-77)123-80-70(111)76(64(105)54(40-91)118-80)127-84(82(114)115)37-51(100)60(86-46(4)96)75(126-84)65(106)55(41-92)124-83(81(112)113)36-50(99)59(85-45(3)95)74(125-83)62(103)52(101)38-89/h32,34,48-57,59-80,89-94,98-101,103-111H,6-31,33,35-44H2,1-5H3,(H,85,95)(H,86,96)(H,87,97)(H,88,102)(H,112,113)(H,114,115)/b34-32+/t48-,49+,50-,51-,52+,53+,54+,55+,56+,57+,59+,60+,61+,62+,63-,64-,65+,66+,67+,68+,69+,70+,71-,72+,73+,74+,75+,76-,77-,78+,79-,80-,83+,84-/m0/s1. The third-order valence-corrected chi connectivity index (χ3v) is 24.1. The molecule has 25 N–H and O–H groups in total. The number of carbonyl (C=O) groups is 6. The normalized spacial score (nSPS) is 35.1. The van der Waals surface area contributed by atoms with Crippen molar-refractivity contribution in [3.8, 4) is 0 Å². The number of ether oxygens (including phenoxy) is 12. The summed E-state index contributed by atoms with van der Waals surface area (Å²) < 4.78 is 70.7. The molecule has 6 rings (SSSR count). The number of aliphatic carboxylic acids is 2. The maximum atomic E-state index is 13.8. The van der Waals surface area contributed by atoms with Crippen LogP contribution in [0.3, 0.4) is 0 Å². The second kappa shape index (κ2) is 56.5. The van der Waals surface area contributed by atoms with Gasteiger partial charge in [-0.15, -0.1) is 0 Å². The minimum atomic E-state index is -3.52. The lowest BCUT2D eigenvalue weighted by atomic mass is 9.87. The van der Waals surface area contributed by atoms with Crippen molar-refractivity contribution in [1.82, 2.24) is 21.3 Å². The van der Waals surface area contributed by atoms with Gasteiger partial charge in [-0.3, -0.25) is 19.2 Å². The average molecular weight is 1840 g/mol. The molecule has 0 unspecified atom stereocenters. The summed E-state index contributed by atoms with van der Waals surface area (Å²) in [6.07, 6.45) is -28.9. The van der Waals surface area contributed by atoms with Crippen LogP contribution in [0, 0.1) is 0 Å². The third kappa shape index (κ3) is 32.6. The molecule has 6 fully saturated rings. The molecular formula is C84H148N4O39. The molecular weight excluding hydrogens is 1690 g/mol. The largest absolute Gasteiger partial charge is 0.477 e. The van der Waals surface area contributed by atoms with Crippen LogP contribution in [-0.4, -0.2) is 396 Å². The van der Waals surface area contributed by atoms with Gasteiger partial charge in [0.1, 0.15) is 134 Å². The molecule has 0 spiro atoms. The Bertz CT molecular complexity index is 3200. The van der Waals surface area contributed by atoms with Crippen LogP contribution < -0.4 is 21.3 Å². The molecule has 0 saturated carbocycles. The highest BCUT2D eigenvalue weighted by Crippen LogP contribution is 2.42. The van der Waals surface area contributed by atoms with E-state index in [4.69, 9.17) is 56.8 Å². The first-order chi connectivity index (χ1) is 60.6. The topological polar surface area (TPSA) is 686 Å². The average Bonchev–Trinajstić information content (AvgIpc) is 0.737. The summed E-state index contributed by atoms with van der Waals surface area (Å²) in [7, 11) is 0. The molecule has 0 aromatic rings. The van der Waals surface area contributed by atoms with E-state index in [-0.39, 0.29) is 12.3 Å². The summed E-state index contributed by atoms with van der Waals surface area (Å²) >= 11 is 0. The number of allylic oxidation sites excluding steroid dienone is 1. The van der Waals surface area contributed by atoms with E-state index in [1.807, 2.05) is 6.08 Å². The van der Waals surface area contributed by atoms with Crippen molar-refractivity contribution >= 4 is 35.6 Å². The number of rotatable bonds is 59. The van der Waals surface area contributed by atoms with Crippen molar-refractivity contribution in [3.05, 3.63) is 12.2 Å². The van der Waals surface area contributed by atoms with E-state index in [2.05, 4.69) is 35.1 Å². The summed E-state index contributed by atoms with van der Waals surface area (Å²) in [6.45, 7) is -0.535. The molecule has 0 bridgehead atoms. The maximum Gasteiger partial charge on any atom is 0.364 e. The first-order valence-electron chi connectivity index (χ1n) is 45.2. The molecule has 6 aliphatic heterocycles. The van der Waals surface area contributed by atoms with Crippen LogP contribution >= 0.6 is 0 Å². The molecule has 738 valence electrons. The molecule has 34 atom stereocenters. The number of carboxylic acid groups (broad SMARTS) is 2. The van der Waals surface area contributed by atoms with E-state index in [1.165, 1.54) is 103 Å². The summed E-state index contributed by atoms with van der Waals surface area (Å²) in [4.78, 5) is 78.7. The minimum absolute atomic E-state index is 0.150. The van der Waals surface area contributed by atoms with E-state index < -0.39 is 296 Å². The lowest BCUT2D eigenvalue weighted by Crippen LogP contribution is -2.72. The highest BCUT2D eigenvalue weighted by Gasteiger charge is 2.64. The first-order valence-corrected chi connectivity index (χ1v) is 45.2. The number of unbranched alkanes of at least 4 members (excludes halogenated alkanes) is 25. The Balaban J connectivity index is 1.15. The second-order valence-corrected chi connectivity index (χ2v) is 34.2. The zero-order valence-corrected chi connectivity index (χ0v) is 73.5. The summed E-state index contributed by atoms with van der Waals surface area (Å²) in [5.74, 6) is -14.5. The van der Waals surface area contributed by atoms with Gasteiger partial charge >= 0.3 is 11.9 Å². The van der Waals surface area contributed by atoms with Gasteiger partial charge in [0.15, 0.2) is 25.2 Å². The third-order valence-electron chi connectivity index (χ3n) is 24.1. The Morgan fingerprint density at radius 1 is 0.425 bits per heavy atom.